The van der Waals surface area contributed by atoms with Gasteiger partial charge in [0.1, 0.15) is 0 Å². The highest BCUT2D eigenvalue weighted by molar-refractivity contribution is 5.84. The van der Waals surface area contributed by atoms with Crippen molar-refractivity contribution in [3.05, 3.63) is 58.1 Å². The molecule has 0 aliphatic carbocycles. The average molecular weight is 373 g/mol. The van der Waals surface area contributed by atoms with E-state index in [-0.39, 0.29) is 18.1 Å². The summed E-state index contributed by atoms with van der Waals surface area (Å²) < 4.78 is 10.7. The normalized spacial score (nSPS) is 11.8. The number of nitrogens with one attached hydrogen (secondary N) is 1. The molecule has 0 heterocycles. The third-order valence-electron chi connectivity index (χ3n) is 3.38. The van der Waals surface area contributed by atoms with Gasteiger partial charge in [-0.2, -0.15) is 5.10 Å². The maximum absolute atomic E-state index is 11.4. The summed E-state index contributed by atoms with van der Waals surface area (Å²) in [4.78, 5) is 21.8. The summed E-state index contributed by atoms with van der Waals surface area (Å²) in [6, 6.07) is 11.9. The van der Waals surface area contributed by atoms with Gasteiger partial charge in [0.05, 0.1) is 23.4 Å². The number of carboxylic acid groups (broad SMARTS) is 1. The lowest BCUT2D eigenvalue weighted by Crippen LogP contribution is -2.23. The van der Waals surface area contributed by atoms with Crippen molar-refractivity contribution in [2.24, 2.45) is 5.10 Å². The Kier molecular flexibility index (Phi) is 6.70. The number of hydrogen-bond acceptors (Lipinski definition) is 7. The van der Waals surface area contributed by atoms with Crippen molar-refractivity contribution in [3.63, 3.8) is 0 Å². The van der Waals surface area contributed by atoms with Crippen molar-refractivity contribution >= 4 is 23.6 Å². The van der Waals surface area contributed by atoms with Crippen molar-refractivity contribution in [2.75, 3.05) is 12.0 Å². The Hall–Kier alpha value is -3.62. The van der Waals surface area contributed by atoms with Gasteiger partial charge in [0, 0.05) is 11.6 Å². The summed E-state index contributed by atoms with van der Waals surface area (Å²) in [7, 11) is 0. The fourth-order valence-corrected chi connectivity index (χ4v) is 2.12. The van der Waals surface area contributed by atoms with Gasteiger partial charge in [0.2, 0.25) is 5.75 Å². The highest BCUT2D eigenvalue weighted by atomic mass is 16.6. The summed E-state index contributed by atoms with van der Waals surface area (Å²) in [5.74, 6) is -1.41. The number of nitrogens with zero attached hydrogens (tertiary/aromatic N) is 2. The van der Waals surface area contributed by atoms with Crippen LogP contribution < -0.4 is 14.9 Å². The van der Waals surface area contributed by atoms with E-state index in [0.717, 1.165) is 5.69 Å². The van der Waals surface area contributed by atoms with Crippen LogP contribution in [-0.4, -0.2) is 34.9 Å². The smallest absolute Gasteiger partial charge is 0.344 e. The van der Waals surface area contributed by atoms with Crippen LogP contribution in [0.25, 0.3) is 0 Å². The van der Waals surface area contributed by atoms with Crippen LogP contribution in [0.2, 0.25) is 0 Å². The first-order chi connectivity index (χ1) is 12.9. The molecule has 9 heteroatoms. The zero-order valence-electron chi connectivity index (χ0n) is 14.8. The molecule has 27 heavy (non-hydrogen) atoms. The maximum atomic E-state index is 11.4. The van der Waals surface area contributed by atoms with E-state index in [1.807, 2.05) is 30.3 Å². The van der Waals surface area contributed by atoms with E-state index in [9.17, 15) is 14.9 Å². The molecule has 0 bridgehead atoms. The lowest BCUT2D eigenvalue weighted by Gasteiger charge is -2.15. The third-order valence-corrected chi connectivity index (χ3v) is 3.38. The lowest BCUT2D eigenvalue weighted by molar-refractivity contribution is -0.386. The maximum Gasteiger partial charge on any atom is 0.344 e. The Morgan fingerprint density at radius 3 is 2.67 bits per heavy atom. The number of para-hydroxylation sites is 1. The second-order valence-corrected chi connectivity index (χ2v) is 5.39. The van der Waals surface area contributed by atoms with E-state index in [0.29, 0.717) is 5.56 Å². The number of carboxylic acids is 1. The molecule has 0 aliphatic rings. The molecule has 0 aliphatic heterocycles. The van der Waals surface area contributed by atoms with Crippen LogP contribution in [0.4, 0.5) is 11.4 Å². The molecule has 2 rings (SSSR count). The van der Waals surface area contributed by atoms with Gasteiger partial charge in [-0.15, -0.1) is 0 Å². The first-order valence-electron chi connectivity index (χ1n) is 8.11. The second kappa shape index (κ2) is 9.18. The molecule has 0 radical (unpaired) electrons. The summed E-state index contributed by atoms with van der Waals surface area (Å²) in [5.41, 5.74) is 3.54. The Bertz CT molecular complexity index is 838. The van der Waals surface area contributed by atoms with Crippen LogP contribution in [0, 0.1) is 10.1 Å². The van der Waals surface area contributed by atoms with Gasteiger partial charge in [0.25, 0.3) is 0 Å². The highest BCUT2D eigenvalue weighted by Gasteiger charge is 2.26. The van der Waals surface area contributed by atoms with Crippen molar-refractivity contribution in [3.8, 4) is 11.5 Å². The molecule has 2 aromatic carbocycles. The third kappa shape index (κ3) is 5.43. The molecular weight excluding hydrogens is 354 g/mol. The number of hydrogen-bond donors (Lipinski definition) is 2. The topological polar surface area (TPSA) is 123 Å². The fourth-order valence-electron chi connectivity index (χ4n) is 2.12. The Labute approximate surface area is 155 Å². The minimum atomic E-state index is -1.28. The number of anilines is 1. The van der Waals surface area contributed by atoms with E-state index in [4.69, 9.17) is 14.6 Å². The van der Waals surface area contributed by atoms with Crippen molar-refractivity contribution in [2.45, 2.75) is 20.0 Å². The van der Waals surface area contributed by atoms with Crippen LogP contribution in [0.1, 0.15) is 19.4 Å². The standard InChI is InChI=1S/C18H19N3O6/c1-3-26-16-10-13(11-19-20-14-7-5-4-6-8-14)9-15(21(24)25)17(16)27-12(2)18(22)23/h4-12,20H,3H2,1-2H3,(H,22,23). The number of aliphatic carboxylic acids is 1. The monoisotopic (exact) mass is 373 g/mol. The SMILES string of the molecule is CCOc1cc(C=NNc2ccccc2)cc([N+](=O)[O-])c1OC(C)C(=O)O. The number of ether oxygens (including phenoxy) is 2. The molecule has 1 atom stereocenters. The van der Waals surface area contributed by atoms with E-state index in [1.165, 1.54) is 25.3 Å². The molecule has 2 aromatic rings. The molecule has 9 nitrogen and oxygen atoms in total. The summed E-state index contributed by atoms with van der Waals surface area (Å²) in [5, 5.41) is 24.5. The van der Waals surface area contributed by atoms with Crippen LogP contribution >= 0.6 is 0 Å². The molecular formula is C18H19N3O6. The van der Waals surface area contributed by atoms with Gasteiger partial charge in [-0.05, 0) is 32.0 Å². The zero-order valence-corrected chi connectivity index (χ0v) is 14.8. The predicted octanol–water partition coefficient (Wildman–Crippen LogP) is 3.29. The quantitative estimate of drug-likeness (QED) is 0.393. The molecule has 0 aromatic heterocycles. The molecule has 2 N–H and O–H groups in total. The average Bonchev–Trinajstić information content (AvgIpc) is 2.64. The highest BCUT2D eigenvalue weighted by Crippen LogP contribution is 2.39. The van der Waals surface area contributed by atoms with Gasteiger partial charge in [0.15, 0.2) is 11.9 Å². The number of nitro benzene ring substituents is 1. The molecule has 0 amide bonds. The van der Waals surface area contributed by atoms with Crippen LogP contribution in [0.5, 0.6) is 11.5 Å². The molecule has 1 unspecified atom stereocenters. The van der Waals surface area contributed by atoms with Crippen molar-refractivity contribution in [1.29, 1.82) is 0 Å². The number of hydrazone groups is 1. The Morgan fingerprint density at radius 2 is 2.07 bits per heavy atom. The van der Waals surface area contributed by atoms with Gasteiger partial charge in [-0.3, -0.25) is 15.5 Å². The fraction of sp³-hybridized carbons (Fsp3) is 0.222. The number of benzene rings is 2. The van der Waals surface area contributed by atoms with E-state index in [1.54, 1.807) is 6.92 Å². The molecule has 0 spiro atoms. The molecule has 142 valence electrons. The second-order valence-electron chi connectivity index (χ2n) is 5.39. The summed E-state index contributed by atoms with van der Waals surface area (Å²) >= 11 is 0. The van der Waals surface area contributed by atoms with Crippen LogP contribution in [0.3, 0.4) is 0 Å². The first kappa shape index (κ1) is 19.7. The van der Waals surface area contributed by atoms with Crippen LogP contribution in [0.15, 0.2) is 47.6 Å². The van der Waals surface area contributed by atoms with Gasteiger partial charge in [-0.25, -0.2) is 4.79 Å². The number of nitro groups is 1. The van der Waals surface area contributed by atoms with E-state index >= 15 is 0 Å². The Balaban J connectivity index is 2.36. The minimum Gasteiger partial charge on any atom is -0.490 e. The van der Waals surface area contributed by atoms with Gasteiger partial charge in [-0.1, -0.05) is 18.2 Å². The molecule has 0 fully saturated rings. The molecule has 0 saturated carbocycles. The number of rotatable bonds is 9. The minimum absolute atomic E-state index is 0.0703. The molecule has 0 saturated heterocycles. The van der Waals surface area contributed by atoms with E-state index < -0.39 is 22.7 Å². The van der Waals surface area contributed by atoms with Crippen molar-refractivity contribution in [1.82, 2.24) is 0 Å². The van der Waals surface area contributed by atoms with Gasteiger partial charge >= 0.3 is 11.7 Å². The zero-order chi connectivity index (χ0) is 19.8. The lowest BCUT2D eigenvalue weighted by atomic mass is 10.1. The largest absolute Gasteiger partial charge is 0.490 e. The summed E-state index contributed by atoms with van der Waals surface area (Å²) in [6.45, 7) is 3.20. The van der Waals surface area contributed by atoms with E-state index in [2.05, 4.69) is 10.5 Å². The van der Waals surface area contributed by atoms with Crippen molar-refractivity contribution < 1.29 is 24.3 Å². The van der Waals surface area contributed by atoms with Crippen LogP contribution in [-0.2, 0) is 4.79 Å². The predicted molar refractivity (Wildman–Crippen MR) is 99.6 cm³/mol. The first-order valence-corrected chi connectivity index (χ1v) is 8.11. The Morgan fingerprint density at radius 1 is 1.37 bits per heavy atom. The number of carbonyl (C=O) groups is 1. The van der Waals surface area contributed by atoms with Gasteiger partial charge < -0.3 is 14.6 Å². The summed E-state index contributed by atoms with van der Waals surface area (Å²) in [6.07, 6.45) is 0.120.